The molecule has 0 saturated heterocycles. The van der Waals surface area contributed by atoms with Crippen molar-refractivity contribution in [2.45, 2.75) is 19.4 Å². The highest BCUT2D eigenvalue weighted by atomic mass is 79.9. The summed E-state index contributed by atoms with van der Waals surface area (Å²) in [5, 5.41) is 3.21. The van der Waals surface area contributed by atoms with Crippen LogP contribution in [-0.4, -0.2) is 7.05 Å². The van der Waals surface area contributed by atoms with E-state index in [1.807, 2.05) is 32.2 Å². The van der Waals surface area contributed by atoms with Gasteiger partial charge in [-0.05, 0) is 71.7 Å². The van der Waals surface area contributed by atoms with Crippen LogP contribution < -0.4 is 5.32 Å². The number of nitrogens with one attached hydrogen (secondary N) is 1. The van der Waals surface area contributed by atoms with E-state index in [2.05, 4.69) is 21.2 Å². The molecule has 2 aromatic rings. The number of halogens is 2. The zero-order chi connectivity index (χ0) is 13.1. The Kier molecular flexibility index (Phi) is 4.19. The van der Waals surface area contributed by atoms with Gasteiger partial charge in [-0.1, -0.05) is 6.07 Å². The van der Waals surface area contributed by atoms with Gasteiger partial charge in [0.2, 0.25) is 0 Å². The average Bonchev–Trinajstić information content (AvgIpc) is 2.75. The molecule has 18 heavy (non-hydrogen) atoms. The lowest BCUT2D eigenvalue weighted by Gasteiger charge is -2.15. The van der Waals surface area contributed by atoms with Crippen LogP contribution in [0, 0.1) is 12.7 Å². The van der Waals surface area contributed by atoms with Crippen LogP contribution in [0.25, 0.3) is 0 Å². The van der Waals surface area contributed by atoms with E-state index in [4.69, 9.17) is 4.42 Å². The van der Waals surface area contributed by atoms with Gasteiger partial charge in [0.1, 0.15) is 11.6 Å². The van der Waals surface area contributed by atoms with E-state index in [-0.39, 0.29) is 11.9 Å². The Morgan fingerprint density at radius 2 is 2.11 bits per heavy atom. The summed E-state index contributed by atoms with van der Waals surface area (Å²) < 4.78 is 19.3. The highest BCUT2D eigenvalue weighted by Crippen LogP contribution is 2.24. The maximum Gasteiger partial charge on any atom is 0.169 e. The fourth-order valence-electron chi connectivity index (χ4n) is 1.97. The molecular weight excluding hydrogens is 297 g/mol. The predicted octanol–water partition coefficient (Wildman–Crippen LogP) is 3.99. The summed E-state index contributed by atoms with van der Waals surface area (Å²) >= 11 is 3.30. The minimum atomic E-state index is -0.196. The van der Waals surface area contributed by atoms with E-state index in [0.717, 1.165) is 23.3 Å². The van der Waals surface area contributed by atoms with Crippen LogP contribution in [0.2, 0.25) is 0 Å². The molecule has 0 saturated carbocycles. The zero-order valence-electron chi connectivity index (χ0n) is 10.3. The highest BCUT2D eigenvalue weighted by molar-refractivity contribution is 9.10. The van der Waals surface area contributed by atoms with Gasteiger partial charge in [0.05, 0.1) is 6.04 Å². The maximum absolute atomic E-state index is 13.1. The second-order valence-corrected chi connectivity index (χ2v) is 5.04. The number of furan rings is 1. The second kappa shape index (κ2) is 5.67. The summed E-state index contributed by atoms with van der Waals surface area (Å²) in [5.74, 6) is 0.672. The van der Waals surface area contributed by atoms with Crippen molar-refractivity contribution in [3.8, 4) is 0 Å². The van der Waals surface area contributed by atoms with E-state index in [1.54, 1.807) is 6.07 Å². The van der Waals surface area contributed by atoms with Crippen molar-refractivity contribution in [2.24, 2.45) is 0 Å². The van der Waals surface area contributed by atoms with Crippen LogP contribution in [0.4, 0.5) is 4.39 Å². The molecule has 0 aliphatic carbocycles. The fraction of sp³-hybridized carbons (Fsp3) is 0.286. The quantitative estimate of drug-likeness (QED) is 0.923. The Hall–Kier alpha value is -1.13. The molecule has 0 spiro atoms. The lowest BCUT2D eigenvalue weighted by molar-refractivity contribution is 0.416. The van der Waals surface area contributed by atoms with E-state index < -0.39 is 0 Å². The number of likely N-dealkylation sites (N-methyl/N-ethyl adjacent to an activating group) is 1. The Morgan fingerprint density at radius 1 is 1.33 bits per heavy atom. The highest BCUT2D eigenvalue weighted by Gasteiger charge is 2.15. The van der Waals surface area contributed by atoms with Gasteiger partial charge in [-0.15, -0.1) is 0 Å². The predicted molar refractivity (Wildman–Crippen MR) is 73.0 cm³/mol. The third-order valence-electron chi connectivity index (χ3n) is 3.01. The molecular formula is C14H15BrFNO. The van der Waals surface area contributed by atoms with Gasteiger partial charge in [0, 0.05) is 0 Å². The first kappa shape index (κ1) is 13.3. The van der Waals surface area contributed by atoms with Crippen molar-refractivity contribution in [1.29, 1.82) is 0 Å². The van der Waals surface area contributed by atoms with E-state index >= 15 is 0 Å². The lowest BCUT2D eigenvalue weighted by atomic mass is 10.00. The largest absolute Gasteiger partial charge is 0.453 e. The normalized spacial score (nSPS) is 12.7. The van der Waals surface area contributed by atoms with Gasteiger partial charge in [-0.2, -0.15) is 0 Å². The molecule has 1 atom stereocenters. The van der Waals surface area contributed by atoms with Gasteiger partial charge >= 0.3 is 0 Å². The van der Waals surface area contributed by atoms with Crippen LogP contribution >= 0.6 is 15.9 Å². The molecule has 2 rings (SSSR count). The minimum Gasteiger partial charge on any atom is -0.453 e. The fourth-order valence-corrected chi connectivity index (χ4v) is 2.29. The van der Waals surface area contributed by atoms with Crippen molar-refractivity contribution < 1.29 is 8.81 Å². The van der Waals surface area contributed by atoms with Crippen LogP contribution in [0.5, 0.6) is 0 Å². The smallest absolute Gasteiger partial charge is 0.169 e. The third-order valence-corrected chi connectivity index (χ3v) is 3.44. The summed E-state index contributed by atoms with van der Waals surface area (Å²) in [5.41, 5.74) is 2.07. The summed E-state index contributed by atoms with van der Waals surface area (Å²) in [6.07, 6.45) is 0.766. The second-order valence-electron chi connectivity index (χ2n) is 4.26. The van der Waals surface area contributed by atoms with Crippen molar-refractivity contribution in [1.82, 2.24) is 5.32 Å². The number of hydrogen-bond acceptors (Lipinski definition) is 2. The van der Waals surface area contributed by atoms with Crippen molar-refractivity contribution >= 4 is 15.9 Å². The van der Waals surface area contributed by atoms with Crippen molar-refractivity contribution in [2.75, 3.05) is 7.05 Å². The molecule has 0 aliphatic rings. The molecule has 1 N–H and O–H groups in total. The Morgan fingerprint density at radius 3 is 2.67 bits per heavy atom. The molecule has 96 valence electrons. The maximum atomic E-state index is 13.1. The first-order valence-electron chi connectivity index (χ1n) is 5.77. The van der Waals surface area contributed by atoms with Gasteiger partial charge in [0.25, 0.3) is 0 Å². The van der Waals surface area contributed by atoms with E-state index in [9.17, 15) is 4.39 Å². The SMILES string of the molecule is CNC(Cc1ccc(F)cc1C)c1ccc(Br)o1. The van der Waals surface area contributed by atoms with Gasteiger partial charge in [0.15, 0.2) is 4.67 Å². The minimum absolute atomic E-state index is 0.0838. The molecule has 1 unspecified atom stereocenters. The molecule has 1 aromatic carbocycles. The average molecular weight is 312 g/mol. The lowest BCUT2D eigenvalue weighted by Crippen LogP contribution is -2.18. The molecule has 2 nitrogen and oxygen atoms in total. The summed E-state index contributed by atoms with van der Waals surface area (Å²) in [6, 6.07) is 8.77. The van der Waals surface area contributed by atoms with Crippen molar-refractivity contribution in [3.05, 3.63) is 57.7 Å². The van der Waals surface area contributed by atoms with Gasteiger partial charge in [-0.3, -0.25) is 0 Å². The molecule has 0 bridgehead atoms. The van der Waals surface area contributed by atoms with Gasteiger partial charge < -0.3 is 9.73 Å². The molecule has 1 aromatic heterocycles. The topological polar surface area (TPSA) is 25.2 Å². The van der Waals surface area contributed by atoms with E-state index in [1.165, 1.54) is 6.07 Å². The monoisotopic (exact) mass is 311 g/mol. The number of hydrogen-bond donors (Lipinski definition) is 1. The molecule has 0 radical (unpaired) electrons. The summed E-state index contributed by atoms with van der Waals surface area (Å²) in [4.78, 5) is 0. The first-order chi connectivity index (χ1) is 8.60. The number of aryl methyl sites for hydroxylation is 1. The Balaban J connectivity index is 2.20. The van der Waals surface area contributed by atoms with Crippen LogP contribution in [0.15, 0.2) is 39.4 Å². The molecule has 0 aliphatic heterocycles. The third kappa shape index (κ3) is 3.00. The summed E-state index contributed by atoms with van der Waals surface area (Å²) in [7, 11) is 1.89. The molecule has 4 heteroatoms. The Labute approximate surface area is 114 Å². The van der Waals surface area contributed by atoms with Crippen molar-refractivity contribution in [3.63, 3.8) is 0 Å². The van der Waals surface area contributed by atoms with E-state index in [0.29, 0.717) is 4.67 Å². The molecule has 0 amide bonds. The van der Waals surface area contributed by atoms with Crippen LogP contribution in [0.1, 0.15) is 22.9 Å². The number of rotatable bonds is 4. The standard InChI is InChI=1S/C14H15BrFNO/c1-9-7-11(16)4-3-10(9)8-12(17-2)13-5-6-14(15)18-13/h3-7,12,17H,8H2,1-2H3. The molecule has 0 fully saturated rings. The first-order valence-corrected chi connectivity index (χ1v) is 6.57. The number of benzene rings is 1. The summed E-state index contributed by atoms with van der Waals surface area (Å²) in [6.45, 7) is 1.92. The zero-order valence-corrected chi connectivity index (χ0v) is 11.9. The molecule has 1 heterocycles. The van der Waals surface area contributed by atoms with Crippen LogP contribution in [-0.2, 0) is 6.42 Å². The van der Waals surface area contributed by atoms with Gasteiger partial charge in [-0.25, -0.2) is 4.39 Å². The van der Waals surface area contributed by atoms with Crippen LogP contribution in [0.3, 0.4) is 0 Å². The Bertz CT molecular complexity index is 538.